The number of hydrogen-bond donors (Lipinski definition) is 1. The Morgan fingerprint density at radius 2 is 2.22 bits per heavy atom. The molecule has 0 fully saturated rings. The van der Waals surface area contributed by atoms with Gasteiger partial charge in [-0.2, -0.15) is 9.36 Å². The number of nitrogens with one attached hydrogen (secondary N) is 1. The molecule has 92 valence electrons. The van der Waals surface area contributed by atoms with Crippen molar-refractivity contribution in [2.45, 2.75) is 13.3 Å². The molecular formula is C13H13N3OS. The maximum Gasteiger partial charge on any atom is 0.202 e. The van der Waals surface area contributed by atoms with Crippen LogP contribution < -0.4 is 5.32 Å². The zero-order chi connectivity index (χ0) is 12.4. The maximum absolute atomic E-state index is 5.50. The minimum absolute atomic E-state index is 0.726. The van der Waals surface area contributed by atoms with Crippen LogP contribution >= 0.6 is 11.5 Å². The molecule has 0 bridgehead atoms. The van der Waals surface area contributed by atoms with Crippen LogP contribution in [0, 0.1) is 0 Å². The fourth-order valence-corrected chi connectivity index (χ4v) is 2.39. The molecule has 0 unspecified atom stereocenters. The van der Waals surface area contributed by atoms with E-state index in [4.69, 9.17) is 4.42 Å². The third kappa shape index (κ3) is 1.97. The Kier molecular flexibility index (Phi) is 2.98. The van der Waals surface area contributed by atoms with E-state index in [-0.39, 0.29) is 0 Å². The quantitative estimate of drug-likeness (QED) is 0.774. The molecule has 4 nitrogen and oxygen atoms in total. The predicted molar refractivity (Wildman–Crippen MR) is 73.9 cm³/mol. The van der Waals surface area contributed by atoms with Crippen LogP contribution in [0.25, 0.3) is 22.4 Å². The van der Waals surface area contributed by atoms with Crippen LogP contribution in [0.15, 0.2) is 34.9 Å². The lowest BCUT2D eigenvalue weighted by Gasteiger charge is -1.95. The fraction of sp³-hybridized carbons (Fsp3) is 0.231. The third-order valence-corrected chi connectivity index (χ3v) is 3.35. The van der Waals surface area contributed by atoms with E-state index in [2.05, 4.69) is 21.6 Å². The smallest absolute Gasteiger partial charge is 0.202 e. The molecule has 0 spiro atoms. The van der Waals surface area contributed by atoms with Crippen molar-refractivity contribution >= 4 is 27.6 Å². The Labute approximate surface area is 109 Å². The van der Waals surface area contributed by atoms with E-state index in [9.17, 15) is 0 Å². The van der Waals surface area contributed by atoms with E-state index in [1.165, 1.54) is 11.5 Å². The van der Waals surface area contributed by atoms with Crippen LogP contribution in [-0.2, 0) is 0 Å². The number of rotatable bonds is 4. The summed E-state index contributed by atoms with van der Waals surface area (Å²) in [6.45, 7) is 3.04. The van der Waals surface area contributed by atoms with Gasteiger partial charge in [0.2, 0.25) is 5.13 Å². The van der Waals surface area contributed by atoms with Gasteiger partial charge in [-0.05, 0) is 12.5 Å². The first kappa shape index (κ1) is 11.2. The zero-order valence-electron chi connectivity index (χ0n) is 10.0. The van der Waals surface area contributed by atoms with Crippen LogP contribution in [0.4, 0.5) is 5.13 Å². The van der Waals surface area contributed by atoms with Crippen molar-refractivity contribution in [3.63, 3.8) is 0 Å². The zero-order valence-corrected chi connectivity index (χ0v) is 10.8. The van der Waals surface area contributed by atoms with Crippen LogP contribution in [0.1, 0.15) is 13.3 Å². The molecule has 3 rings (SSSR count). The summed E-state index contributed by atoms with van der Waals surface area (Å²) in [5, 5.41) is 5.15. The summed E-state index contributed by atoms with van der Waals surface area (Å²) >= 11 is 1.38. The largest absolute Gasteiger partial charge is 0.464 e. The maximum atomic E-state index is 5.50. The molecule has 5 heteroatoms. The van der Waals surface area contributed by atoms with E-state index in [1.807, 2.05) is 24.3 Å². The summed E-state index contributed by atoms with van der Waals surface area (Å²) in [6, 6.07) is 7.91. The van der Waals surface area contributed by atoms with Crippen molar-refractivity contribution in [2.24, 2.45) is 0 Å². The molecule has 2 heterocycles. The summed E-state index contributed by atoms with van der Waals surface area (Å²) in [7, 11) is 0. The lowest BCUT2D eigenvalue weighted by atomic mass is 10.2. The second kappa shape index (κ2) is 4.78. The molecular weight excluding hydrogens is 246 g/mol. The Balaban J connectivity index is 1.96. The average molecular weight is 259 g/mol. The van der Waals surface area contributed by atoms with E-state index in [1.54, 1.807) is 6.26 Å². The van der Waals surface area contributed by atoms with Gasteiger partial charge in [0.25, 0.3) is 0 Å². The molecule has 1 N–H and O–H groups in total. The summed E-state index contributed by atoms with van der Waals surface area (Å²) in [5.41, 5.74) is 1.82. The van der Waals surface area contributed by atoms with Gasteiger partial charge in [-0.1, -0.05) is 25.1 Å². The molecule has 0 aliphatic heterocycles. The van der Waals surface area contributed by atoms with Crippen molar-refractivity contribution < 1.29 is 4.42 Å². The molecule has 0 saturated carbocycles. The summed E-state index contributed by atoms with van der Waals surface area (Å²) < 4.78 is 9.87. The van der Waals surface area contributed by atoms with Gasteiger partial charge in [-0.15, -0.1) is 0 Å². The first-order chi connectivity index (χ1) is 8.88. The van der Waals surface area contributed by atoms with Crippen LogP contribution in [-0.4, -0.2) is 15.9 Å². The van der Waals surface area contributed by atoms with Crippen molar-refractivity contribution in [2.75, 3.05) is 11.9 Å². The molecule has 0 saturated heterocycles. The van der Waals surface area contributed by atoms with E-state index >= 15 is 0 Å². The molecule has 2 aromatic heterocycles. The predicted octanol–water partition coefficient (Wildman–Crippen LogP) is 3.77. The molecule has 18 heavy (non-hydrogen) atoms. The molecule has 0 aliphatic rings. The first-order valence-corrected chi connectivity index (χ1v) is 6.70. The summed E-state index contributed by atoms with van der Waals surface area (Å²) in [4.78, 5) is 4.48. The molecule has 0 aliphatic carbocycles. The van der Waals surface area contributed by atoms with Crippen LogP contribution in [0.2, 0.25) is 0 Å². The Morgan fingerprint density at radius 3 is 3.11 bits per heavy atom. The number of para-hydroxylation sites is 1. The number of hydrogen-bond acceptors (Lipinski definition) is 5. The van der Waals surface area contributed by atoms with Crippen molar-refractivity contribution in [3.8, 4) is 11.4 Å². The van der Waals surface area contributed by atoms with Gasteiger partial charge in [0.15, 0.2) is 5.82 Å². The average Bonchev–Trinajstić information content (AvgIpc) is 3.02. The minimum atomic E-state index is 0.726. The molecule has 0 amide bonds. The topological polar surface area (TPSA) is 51.0 Å². The normalized spacial score (nSPS) is 10.9. The monoisotopic (exact) mass is 259 g/mol. The van der Waals surface area contributed by atoms with Gasteiger partial charge in [-0.3, -0.25) is 0 Å². The third-order valence-electron chi connectivity index (χ3n) is 2.67. The van der Waals surface area contributed by atoms with Crippen molar-refractivity contribution in [1.82, 2.24) is 9.36 Å². The van der Waals surface area contributed by atoms with Crippen LogP contribution in [0.5, 0.6) is 0 Å². The van der Waals surface area contributed by atoms with Gasteiger partial charge in [-0.25, -0.2) is 0 Å². The highest BCUT2D eigenvalue weighted by atomic mass is 32.1. The number of furan rings is 1. The molecule has 0 radical (unpaired) electrons. The van der Waals surface area contributed by atoms with Crippen molar-refractivity contribution in [1.29, 1.82) is 0 Å². The molecule has 3 aromatic rings. The Hall–Kier alpha value is -1.88. The van der Waals surface area contributed by atoms with E-state index in [0.29, 0.717) is 0 Å². The standard InChI is InChI=1S/C13H13N3OS/c1-2-7-14-13-15-12(16-18-13)10-8-17-11-6-4-3-5-9(10)11/h3-6,8H,2,7H2,1H3,(H,14,15,16). The summed E-state index contributed by atoms with van der Waals surface area (Å²) in [6.07, 6.45) is 2.79. The van der Waals surface area contributed by atoms with E-state index < -0.39 is 0 Å². The minimum Gasteiger partial charge on any atom is -0.464 e. The lowest BCUT2D eigenvalue weighted by molar-refractivity contribution is 0.616. The van der Waals surface area contributed by atoms with Gasteiger partial charge in [0.05, 0.1) is 5.56 Å². The SMILES string of the molecule is CCCNc1nc(-c2coc3ccccc23)ns1. The van der Waals surface area contributed by atoms with Crippen LogP contribution in [0.3, 0.4) is 0 Å². The number of anilines is 1. The highest BCUT2D eigenvalue weighted by Crippen LogP contribution is 2.30. The number of aromatic nitrogens is 2. The highest BCUT2D eigenvalue weighted by Gasteiger charge is 2.12. The number of fused-ring (bicyclic) bond motifs is 1. The Bertz CT molecular complexity index is 659. The van der Waals surface area contributed by atoms with Gasteiger partial charge in [0, 0.05) is 23.5 Å². The van der Waals surface area contributed by atoms with Gasteiger partial charge < -0.3 is 9.73 Å². The number of nitrogens with zero attached hydrogens (tertiary/aromatic N) is 2. The van der Waals surface area contributed by atoms with Crippen molar-refractivity contribution in [3.05, 3.63) is 30.5 Å². The fourth-order valence-electron chi connectivity index (χ4n) is 1.79. The number of benzene rings is 1. The first-order valence-electron chi connectivity index (χ1n) is 5.92. The molecule has 0 atom stereocenters. The lowest BCUT2D eigenvalue weighted by Crippen LogP contribution is -1.98. The Morgan fingerprint density at radius 1 is 1.33 bits per heavy atom. The van der Waals surface area contributed by atoms with Gasteiger partial charge in [0.1, 0.15) is 11.8 Å². The highest BCUT2D eigenvalue weighted by molar-refractivity contribution is 7.09. The summed E-state index contributed by atoms with van der Waals surface area (Å²) in [5.74, 6) is 0.726. The second-order valence-corrected chi connectivity index (χ2v) is 4.75. The van der Waals surface area contributed by atoms with E-state index in [0.717, 1.165) is 40.5 Å². The second-order valence-electron chi connectivity index (χ2n) is 4.00. The molecule has 1 aromatic carbocycles. The van der Waals surface area contributed by atoms with Gasteiger partial charge >= 0.3 is 0 Å².